The summed E-state index contributed by atoms with van der Waals surface area (Å²) in [6.45, 7) is 0.750. The second-order valence-electron chi connectivity index (χ2n) is 6.86. The molecule has 1 fully saturated rings. The smallest absolute Gasteiger partial charge is 0.126 e. The van der Waals surface area contributed by atoms with E-state index in [1.54, 1.807) is 6.07 Å². The maximum Gasteiger partial charge on any atom is 0.126 e. The highest BCUT2D eigenvalue weighted by atomic mass is 19.1. The number of hydrogen-bond donors (Lipinski definition) is 1. The van der Waals surface area contributed by atoms with Crippen LogP contribution in [0.25, 0.3) is 0 Å². The molecule has 1 heterocycles. The summed E-state index contributed by atoms with van der Waals surface area (Å²) in [5.74, 6) is -0.0560. The highest BCUT2D eigenvalue weighted by molar-refractivity contribution is 5.33. The molecule has 2 aromatic rings. The zero-order chi connectivity index (χ0) is 15.6. The van der Waals surface area contributed by atoms with Gasteiger partial charge in [0.15, 0.2) is 0 Å². The van der Waals surface area contributed by atoms with Gasteiger partial charge < -0.3 is 5.32 Å². The fourth-order valence-electron chi connectivity index (χ4n) is 4.09. The summed E-state index contributed by atoms with van der Waals surface area (Å²) in [6.07, 6.45) is 10.2. The van der Waals surface area contributed by atoms with Gasteiger partial charge in [0.2, 0.25) is 0 Å². The van der Waals surface area contributed by atoms with Crippen LogP contribution in [0.1, 0.15) is 67.4 Å². The average molecular weight is 313 g/mol. The lowest BCUT2D eigenvalue weighted by atomic mass is 9.87. The molecule has 122 valence electrons. The Morgan fingerprint density at radius 3 is 2.87 bits per heavy atom. The number of rotatable bonds is 4. The summed E-state index contributed by atoms with van der Waals surface area (Å²) >= 11 is 0. The largest absolute Gasteiger partial charge is 0.304 e. The lowest BCUT2D eigenvalue weighted by Gasteiger charge is -2.26. The zero-order valence-corrected chi connectivity index (χ0v) is 13.5. The van der Waals surface area contributed by atoms with Gasteiger partial charge in [0.25, 0.3) is 0 Å². The zero-order valence-electron chi connectivity index (χ0n) is 13.5. The van der Waals surface area contributed by atoms with E-state index < -0.39 is 0 Å². The van der Waals surface area contributed by atoms with Gasteiger partial charge in [0.05, 0.1) is 11.7 Å². The molecule has 0 aliphatic heterocycles. The number of nitrogens with zero attached hydrogens (tertiary/aromatic N) is 2. The maximum atomic E-state index is 13.9. The first kappa shape index (κ1) is 14.9. The van der Waals surface area contributed by atoms with Crippen molar-refractivity contribution in [3.63, 3.8) is 0 Å². The number of nitrogens with one attached hydrogen (secondary N) is 1. The van der Waals surface area contributed by atoms with E-state index in [-0.39, 0.29) is 11.9 Å². The summed E-state index contributed by atoms with van der Waals surface area (Å²) in [5.41, 5.74) is 3.11. The molecule has 2 aliphatic carbocycles. The van der Waals surface area contributed by atoms with E-state index in [1.165, 1.54) is 25.7 Å². The van der Waals surface area contributed by atoms with Gasteiger partial charge in [-0.15, -0.1) is 0 Å². The topological polar surface area (TPSA) is 29.9 Å². The minimum absolute atomic E-state index is 0.0560. The maximum absolute atomic E-state index is 13.9. The monoisotopic (exact) mass is 313 g/mol. The second kappa shape index (κ2) is 6.44. The van der Waals surface area contributed by atoms with Gasteiger partial charge in [0.1, 0.15) is 5.82 Å². The van der Waals surface area contributed by atoms with Crippen molar-refractivity contribution in [2.24, 2.45) is 0 Å². The molecule has 0 saturated heterocycles. The Labute approximate surface area is 136 Å². The first-order chi connectivity index (χ1) is 11.3. The van der Waals surface area contributed by atoms with Crippen LogP contribution < -0.4 is 5.32 Å². The first-order valence-corrected chi connectivity index (χ1v) is 8.86. The second-order valence-corrected chi connectivity index (χ2v) is 6.86. The molecule has 1 unspecified atom stereocenters. The van der Waals surface area contributed by atoms with Gasteiger partial charge in [-0.3, -0.25) is 4.68 Å². The Hall–Kier alpha value is -1.68. The van der Waals surface area contributed by atoms with Crippen molar-refractivity contribution in [1.82, 2.24) is 15.1 Å². The molecule has 4 heteroatoms. The van der Waals surface area contributed by atoms with Crippen LogP contribution in [0.15, 0.2) is 30.5 Å². The van der Waals surface area contributed by atoms with Crippen molar-refractivity contribution < 1.29 is 4.39 Å². The van der Waals surface area contributed by atoms with E-state index in [4.69, 9.17) is 5.10 Å². The van der Waals surface area contributed by atoms with Crippen LogP contribution >= 0.6 is 0 Å². The van der Waals surface area contributed by atoms with Gasteiger partial charge >= 0.3 is 0 Å². The van der Waals surface area contributed by atoms with Gasteiger partial charge in [-0.1, -0.05) is 25.0 Å². The quantitative estimate of drug-likeness (QED) is 0.912. The molecule has 1 aromatic heterocycles. The molecule has 0 bridgehead atoms. The summed E-state index contributed by atoms with van der Waals surface area (Å²) < 4.78 is 16.1. The number of benzene rings is 1. The number of halogens is 1. The summed E-state index contributed by atoms with van der Waals surface area (Å²) in [7, 11) is 0. The highest BCUT2D eigenvalue weighted by Crippen LogP contribution is 2.32. The molecule has 4 rings (SSSR count). The lowest BCUT2D eigenvalue weighted by molar-refractivity contribution is 0.434. The molecule has 1 atom stereocenters. The highest BCUT2D eigenvalue weighted by Gasteiger charge is 2.22. The van der Waals surface area contributed by atoms with Crippen LogP contribution in [0.4, 0.5) is 4.39 Å². The summed E-state index contributed by atoms with van der Waals surface area (Å²) in [4.78, 5) is 0. The molecule has 2 aliphatic rings. The molecule has 0 radical (unpaired) electrons. The summed E-state index contributed by atoms with van der Waals surface area (Å²) in [6, 6.07) is 8.40. The lowest BCUT2D eigenvalue weighted by Crippen LogP contribution is -2.25. The third-order valence-electron chi connectivity index (χ3n) is 5.34. The Bertz CT molecular complexity index is 673. The van der Waals surface area contributed by atoms with Crippen molar-refractivity contribution in [3.8, 4) is 0 Å². The van der Waals surface area contributed by atoms with Crippen molar-refractivity contribution >= 4 is 0 Å². The number of fused-ring (bicyclic) bond motifs is 1. The third kappa shape index (κ3) is 3.05. The van der Waals surface area contributed by atoms with Gasteiger partial charge in [0, 0.05) is 18.8 Å². The molecular formula is C19H24FN3. The van der Waals surface area contributed by atoms with E-state index in [0.717, 1.165) is 42.6 Å². The predicted octanol–water partition coefficient (Wildman–Crippen LogP) is 4.30. The fraction of sp³-hybridized carbons (Fsp3) is 0.526. The van der Waals surface area contributed by atoms with Gasteiger partial charge in [-0.05, 0) is 55.4 Å². The molecular weight excluding hydrogens is 289 g/mol. The van der Waals surface area contributed by atoms with Crippen LogP contribution in [-0.4, -0.2) is 9.78 Å². The average Bonchev–Trinajstić information content (AvgIpc) is 3.25. The summed E-state index contributed by atoms with van der Waals surface area (Å²) in [5, 5.41) is 8.31. The van der Waals surface area contributed by atoms with Gasteiger partial charge in [-0.25, -0.2) is 4.39 Å². The van der Waals surface area contributed by atoms with Crippen LogP contribution in [0.5, 0.6) is 0 Å². The molecule has 23 heavy (non-hydrogen) atoms. The van der Waals surface area contributed by atoms with Crippen LogP contribution in [0.2, 0.25) is 0 Å². The van der Waals surface area contributed by atoms with E-state index in [9.17, 15) is 4.39 Å². The fourth-order valence-corrected chi connectivity index (χ4v) is 4.09. The molecule has 0 spiro atoms. The SMILES string of the molecule is Fc1cccc2c1CCCC2NCc1ccn(C2CCCC2)n1. The van der Waals surface area contributed by atoms with Crippen molar-refractivity contribution in [1.29, 1.82) is 0 Å². The molecule has 1 N–H and O–H groups in total. The minimum Gasteiger partial charge on any atom is -0.304 e. The molecule has 3 nitrogen and oxygen atoms in total. The van der Waals surface area contributed by atoms with Crippen LogP contribution in [0, 0.1) is 5.82 Å². The van der Waals surface area contributed by atoms with Gasteiger partial charge in [-0.2, -0.15) is 5.10 Å². The molecule has 1 saturated carbocycles. The Morgan fingerprint density at radius 2 is 2.00 bits per heavy atom. The van der Waals surface area contributed by atoms with Crippen LogP contribution in [-0.2, 0) is 13.0 Å². The Balaban J connectivity index is 1.43. The Kier molecular flexibility index (Phi) is 4.17. The number of hydrogen-bond acceptors (Lipinski definition) is 2. The normalized spacial score (nSPS) is 21.5. The Morgan fingerprint density at radius 1 is 1.13 bits per heavy atom. The minimum atomic E-state index is -0.0560. The van der Waals surface area contributed by atoms with Crippen molar-refractivity contribution in [3.05, 3.63) is 53.1 Å². The van der Waals surface area contributed by atoms with Crippen molar-refractivity contribution in [2.45, 2.75) is 63.6 Å². The van der Waals surface area contributed by atoms with Crippen molar-refractivity contribution in [2.75, 3.05) is 0 Å². The molecule has 1 aromatic carbocycles. The van der Waals surface area contributed by atoms with E-state index in [1.807, 2.05) is 6.07 Å². The van der Waals surface area contributed by atoms with E-state index in [0.29, 0.717) is 6.04 Å². The van der Waals surface area contributed by atoms with Crippen LogP contribution in [0.3, 0.4) is 0 Å². The standard InChI is InChI=1S/C19H24FN3/c20-18-9-3-8-17-16(18)7-4-10-19(17)21-13-14-11-12-23(22-14)15-5-1-2-6-15/h3,8-9,11-12,15,19,21H,1-2,4-7,10,13H2. The van der Waals surface area contributed by atoms with E-state index in [2.05, 4.69) is 28.3 Å². The third-order valence-corrected chi connectivity index (χ3v) is 5.34. The number of aromatic nitrogens is 2. The van der Waals surface area contributed by atoms with E-state index >= 15 is 0 Å². The molecule has 0 amide bonds. The predicted molar refractivity (Wildman–Crippen MR) is 88.7 cm³/mol. The first-order valence-electron chi connectivity index (χ1n) is 8.86.